The van der Waals surface area contributed by atoms with Crippen LogP contribution in [0.2, 0.25) is 10.2 Å². The number of halogens is 2. The fourth-order valence-electron chi connectivity index (χ4n) is 0.728. The van der Waals surface area contributed by atoms with Gasteiger partial charge in [-0.05, 0) is 6.07 Å². The van der Waals surface area contributed by atoms with E-state index in [1.54, 1.807) is 6.07 Å². The highest BCUT2D eigenvalue weighted by atomic mass is 35.5. The number of nitrogens with zero attached hydrogens (tertiary/aromatic N) is 1. The second-order valence-corrected chi connectivity index (χ2v) is 2.97. The molecule has 13 heavy (non-hydrogen) atoms. The largest absolute Gasteiger partial charge is 0.395 e. The first-order valence-corrected chi connectivity index (χ1v) is 4.41. The molecule has 0 aliphatic heterocycles. The summed E-state index contributed by atoms with van der Waals surface area (Å²) in [4.78, 5) is 3.78. The molecule has 1 aromatic heterocycles. The molecule has 68 valence electrons. The summed E-state index contributed by atoms with van der Waals surface area (Å²) in [6, 6.07) is 1.68. The van der Waals surface area contributed by atoms with Crippen LogP contribution in [0.15, 0.2) is 12.3 Å². The van der Waals surface area contributed by atoms with Crippen LogP contribution in [0, 0.1) is 11.8 Å². The van der Waals surface area contributed by atoms with E-state index in [-0.39, 0.29) is 11.8 Å². The summed E-state index contributed by atoms with van der Waals surface area (Å²) in [5, 5.41) is 9.10. The average Bonchev–Trinajstić information content (AvgIpc) is 2.13. The van der Waals surface area contributed by atoms with Crippen LogP contribution in [-0.4, -0.2) is 16.7 Å². The standard InChI is InChI=1S/C9H7Cl2NO/c10-8-7(3-1-2-6-13)4-5-12-9(8)11/h4-5,13H,2,6H2. The van der Waals surface area contributed by atoms with Crippen molar-refractivity contribution in [3.63, 3.8) is 0 Å². The van der Waals surface area contributed by atoms with Crippen LogP contribution in [0.1, 0.15) is 12.0 Å². The van der Waals surface area contributed by atoms with Crippen molar-refractivity contribution in [3.8, 4) is 11.8 Å². The summed E-state index contributed by atoms with van der Waals surface area (Å²) in [5.41, 5.74) is 0.634. The highest BCUT2D eigenvalue weighted by molar-refractivity contribution is 6.41. The van der Waals surface area contributed by atoms with Crippen molar-refractivity contribution < 1.29 is 5.11 Å². The minimum atomic E-state index is 0.0451. The van der Waals surface area contributed by atoms with Gasteiger partial charge in [0.15, 0.2) is 0 Å². The molecule has 0 saturated heterocycles. The minimum Gasteiger partial charge on any atom is -0.395 e. The van der Waals surface area contributed by atoms with E-state index in [9.17, 15) is 0 Å². The Morgan fingerprint density at radius 1 is 1.46 bits per heavy atom. The number of aliphatic hydroxyl groups excluding tert-OH is 1. The van der Waals surface area contributed by atoms with Gasteiger partial charge < -0.3 is 5.11 Å². The lowest BCUT2D eigenvalue weighted by molar-refractivity contribution is 0.305. The van der Waals surface area contributed by atoms with E-state index in [0.717, 1.165) is 0 Å². The summed E-state index contributed by atoms with van der Waals surface area (Å²) in [5.74, 6) is 5.54. The topological polar surface area (TPSA) is 33.1 Å². The molecule has 4 heteroatoms. The molecule has 0 saturated carbocycles. The summed E-state index contributed by atoms with van der Waals surface area (Å²) >= 11 is 11.5. The van der Waals surface area contributed by atoms with Crippen molar-refractivity contribution in [3.05, 3.63) is 28.0 Å². The second-order valence-electron chi connectivity index (χ2n) is 2.24. The van der Waals surface area contributed by atoms with E-state index in [4.69, 9.17) is 28.3 Å². The summed E-state index contributed by atoms with van der Waals surface area (Å²) in [7, 11) is 0. The van der Waals surface area contributed by atoms with E-state index in [2.05, 4.69) is 16.8 Å². The average molecular weight is 216 g/mol. The monoisotopic (exact) mass is 215 g/mol. The molecule has 0 aromatic carbocycles. The van der Waals surface area contributed by atoms with Gasteiger partial charge in [-0.2, -0.15) is 0 Å². The SMILES string of the molecule is OCCC#Cc1ccnc(Cl)c1Cl. The number of hydrogen-bond donors (Lipinski definition) is 1. The van der Waals surface area contributed by atoms with Gasteiger partial charge in [0.05, 0.1) is 11.6 Å². The first kappa shape index (κ1) is 10.3. The van der Waals surface area contributed by atoms with Gasteiger partial charge in [-0.1, -0.05) is 35.0 Å². The first-order valence-electron chi connectivity index (χ1n) is 3.65. The smallest absolute Gasteiger partial charge is 0.148 e. The molecule has 1 N–H and O–H groups in total. The van der Waals surface area contributed by atoms with Crippen molar-refractivity contribution in [1.29, 1.82) is 0 Å². The molecule has 0 unspecified atom stereocenters. The quantitative estimate of drug-likeness (QED) is 0.576. The zero-order valence-corrected chi connectivity index (χ0v) is 8.23. The van der Waals surface area contributed by atoms with E-state index >= 15 is 0 Å². The van der Waals surface area contributed by atoms with Crippen LogP contribution in [0.3, 0.4) is 0 Å². The first-order chi connectivity index (χ1) is 6.25. The van der Waals surface area contributed by atoms with Gasteiger partial charge in [0.1, 0.15) is 5.15 Å². The molecule has 0 bridgehead atoms. The van der Waals surface area contributed by atoms with Crippen molar-refractivity contribution >= 4 is 23.2 Å². The van der Waals surface area contributed by atoms with Crippen LogP contribution in [0.4, 0.5) is 0 Å². The molecular weight excluding hydrogens is 209 g/mol. The lowest BCUT2D eigenvalue weighted by atomic mass is 10.2. The van der Waals surface area contributed by atoms with Crippen LogP contribution in [-0.2, 0) is 0 Å². The molecule has 0 radical (unpaired) electrons. The second kappa shape index (κ2) is 5.08. The third kappa shape index (κ3) is 2.89. The van der Waals surface area contributed by atoms with Crippen molar-refractivity contribution in [2.24, 2.45) is 0 Å². The summed E-state index contributed by atoms with van der Waals surface area (Å²) < 4.78 is 0. The van der Waals surface area contributed by atoms with Crippen LogP contribution >= 0.6 is 23.2 Å². The Labute approximate surface area is 86.5 Å². The highest BCUT2D eigenvalue weighted by Gasteiger charge is 2.01. The molecule has 0 spiro atoms. The van der Waals surface area contributed by atoms with E-state index < -0.39 is 0 Å². The van der Waals surface area contributed by atoms with Crippen molar-refractivity contribution in [1.82, 2.24) is 4.98 Å². The Hall–Kier alpha value is -0.750. The highest BCUT2D eigenvalue weighted by Crippen LogP contribution is 2.22. The Morgan fingerprint density at radius 2 is 2.23 bits per heavy atom. The van der Waals surface area contributed by atoms with Crippen LogP contribution < -0.4 is 0 Å². The van der Waals surface area contributed by atoms with Crippen molar-refractivity contribution in [2.75, 3.05) is 6.61 Å². The summed E-state index contributed by atoms with van der Waals surface area (Å²) in [6.07, 6.45) is 1.97. The van der Waals surface area contributed by atoms with E-state index in [1.165, 1.54) is 6.20 Å². The van der Waals surface area contributed by atoms with Gasteiger partial charge in [0.25, 0.3) is 0 Å². The molecule has 0 fully saturated rings. The lowest BCUT2D eigenvalue weighted by Crippen LogP contribution is -1.82. The zero-order chi connectivity index (χ0) is 9.68. The minimum absolute atomic E-state index is 0.0451. The van der Waals surface area contributed by atoms with Gasteiger partial charge in [-0.3, -0.25) is 0 Å². The zero-order valence-electron chi connectivity index (χ0n) is 6.72. The molecule has 0 aliphatic rings. The third-order valence-electron chi connectivity index (χ3n) is 1.31. The number of hydrogen-bond acceptors (Lipinski definition) is 2. The van der Waals surface area contributed by atoms with Crippen LogP contribution in [0.5, 0.6) is 0 Å². The number of pyridine rings is 1. The van der Waals surface area contributed by atoms with Gasteiger partial charge in [-0.25, -0.2) is 4.98 Å². The molecule has 1 aromatic rings. The Balaban J connectivity index is 2.91. The molecule has 0 amide bonds. The Kier molecular flexibility index (Phi) is 4.04. The molecule has 1 rings (SSSR count). The Morgan fingerprint density at radius 3 is 2.92 bits per heavy atom. The predicted octanol–water partition coefficient (Wildman–Crippen LogP) is 2.12. The maximum Gasteiger partial charge on any atom is 0.148 e. The molecular formula is C9H7Cl2NO. The fraction of sp³-hybridized carbons (Fsp3) is 0.222. The fourth-order valence-corrected chi connectivity index (χ4v) is 1.05. The van der Waals surface area contributed by atoms with E-state index in [0.29, 0.717) is 17.0 Å². The van der Waals surface area contributed by atoms with Gasteiger partial charge in [0.2, 0.25) is 0 Å². The van der Waals surface area contributed by atoms with Crippen LogP contribution in [0.25, 0.3) is 0 Å². The normalized spacial score (nSPS) is 9.15. The lowest BCUT2D eigenvalue weighted by Gasteiger charge is -1.95. The van der Waals surface area contributed by atoms with Gasteiger partial charge in [0, 0.05) is 18.2 Å². The maximum atomic E-state index is 8.49. The van der Waals surface area contributed by atoms with Gasteiger partial charge >= 0.3 is 0 Å². The van der Waals surface area contributed by atoms with Crippen molar-refractivity contribution in [2.45, 2.75) is 6.42 Å². The number of rotatable bonds is 1. The molecule has 0 aliphatic carbocycles. The third-order valence-corrected chi connectivity index (χ3v) is 2.07. The number of aromatic nitrogens is 1. The van der Waals surface area contributed by atoms with Gasteiger partial charge in [-0.15, -0.1) is 0 Å². The summed E-state index contributed by atoms with van der Waals surface area (Å²) in [6.45, 7) is 0.0451. The predicted molar refractivity (Wildman–Crippen MR) is 52.8 cm³/mol. The molecule has 0 atom stereocenters. The number of aliphatic hydroxyl groups is 1. The maximum absolute atomic E-state index is 8.49. The van der Waals surface area contributed by atoms with E-state index in [1.807, 2.05) is 0 Å². The molecule has 1 heterocycles. The molecule has 2 nitrogen and oxygen atoms in total. The Bertz CT molecular complexity index is 354.